The number of fused-ring (bicyclic) bond motifs is 1. The van der Waals surface area contributed by atoms with Crippen LogP contribution >= 0.6 is 0 Å². The molecule has 0 spiro atoms. The number of urea groups is 1. The van der Waals surface area contributed by atoms with Crippen LogP contribution in [0.1, 0.15) is 5.69 Å². The molecule has 0 radical (unpaired) electrons. The van der Waals surface area contributed by atoms with Crippen molar-refractivity contribution in [3.8, 4) is 0 Å². The monoisotopic (exact) mass is 209 g/mol. The number of rotatable bonds is 1. The Bertz CT molecular complexity index is 644. The Morgan fingerprint density at radius 3 is 2.69 bits per heavy atom. The summed E-state index contributed by atoms with van der Waals surface area (Å²) in [7, 11) is 0. The summed E-state index contributed by atoms with van der Waals surface area (Å²) in [4.78, 5) is 22.6. The fourth-order valence-electron chi connectivity index (χ4n) is 1.61. The smallest absolute Gasteiger partial charge is 0.246 e. The number of hydrogen-bond donors (Lipinski definition) is 0. The van der Waals surface area contributed by atoms with Gasteiger partial charge in [0.1, 0.15) is 5.71 Å². The highest BCUT2D eigenvalue weighted by Gasteiger charge is 2.11. The maximum Gasteiger partial charge on any atom is 0.367 e. The SMILES string of the molecule is O=C1N=CC(c2ccc3ccccc3n2)=N1. The summed E-state index contributed by atoms with van der Waals surface area (Å²) < 4.78 is 0. The largest absolute Gasteiger partial charge is 0.367 e. The van der Waals surface area contributed by atoms with Gasteiger partial charge in [-0.1, -0.05) is 24.3 Å². The van der Waals surface area contributed by atoms with E-state index in [2.05, 4.69) is 15.0 Å². The van der Waals surface area contributed by atoms with E-state index < -0.39 is 6.03 Å². The van der Waals surface area contributed by atoms with Crippen LogP contribution in [0.15, 0.2) is 46.4 Å². The van der Waals surface area contributed by atoms with Gasteiger partial charge in [-0.15, -0.1) is 0 Å². The van der Waals surface area contributed by atoms with Crippen molar-refractivity contribution in [2.75, 3.05) is 0 Å². The van der Waals surface area contributed by atoms with Crippen molar-refractivity contribution in [1.82, 2.24) is 4.98 Å². The lowest BCUT2D eigenvalue weighted by molar-refractivity contribution is 0.257. The minimum absolute atomic E-state index is 0.468. The molecule has 0 atom stereocenters. The van der Waals surface area contributed by atoms with Crippen molar-refractivity contribution in [1.29, 1.82) is 0 Å². The molecule has 2 heterocycles. The van der Waals surface area contributed by atoms with Gasteiger partial charge in [-0.25, -0.2) is 9.78 Å². The molecule has 1 aliphatic rings. The number of para-hydroxylation sites is 1. The molecule has 0 aliphatic carbocycles. The van der Waals surface area contributed by atoms with Gasteiger partial charge in [-0.2, -0.15) is 9.98 Å². The van der Waals surface area contributed by atoms with Crippen molar-refractivity contribution < 1.29 is 4.79 Å². The van der Waals surface area contributed by atoms with Gasteiger partial charge in [0.2, 0.25) is 0 Å². The van der Waals surface area contributed by atoms with Crippen LogP contribution in [0, 0.1) is 0 Å². The number of hydrogen-bond acceptors (Lipinski definition) is 2. The average molecular weight is 209 g/mol. The maximum atomic E-state index is 10.9. The van der Waals surface area contributed by atoms with Crippen molar-refractivity contribution in [2.24, 2.45) is 9.98 Å². The van der Waals surface area contributed by atoms with E-state index in [0.717, 1.165) is 10.9 Å². The van der Waals surface area contributed by atoms with Gasteiger partial charge in [-0.05, 0) is 12.1 Å². The van der Waals surface area contributed by atoms with Gasteiger partial charge in [0.25, 0.3) is 0 Å². The molecule has 0 N–H and O–H groups in total. The fraction of sp³-hybridized carbons (Fsp3) is 0. The summed E-state index contributed by atoms with van der Waals surface area (Å²) in [6.45, 7) is 0. The van der Waals surface area contributed by atoms with Crippen LogP contribution in [0.25, 0.3) is 10.9 Å². The average Bonchev–Trinajstić information content (AvgIpc) is 2.75. The third kappa shape index (κ3) is 1.40. The van der Waals surface area contributed by atoms with E-state index in [4.69, 9.17) is 0 Å². The Kier molecular flexibility index (Phi) is 1.86. The van der Waals surface area contributed by atoms with E-state index in [-0.39, 0.29) is 0 Å². The molecule has 16 heavy (non-hydrogen) atoms. The number of aromatic nitrogens is 1. The second-order valence-corrected chi connectivity index (χ2v) is 3.43. The number of benzene rings is 1. The zero-order valence-electron chi connectivity index (χ0n) is 8.29. The van der Waals surface area contributed by atoms with Crippen LogP contribution in [0.2, 0.25) is 0 Å². The van der Waals surface area contributed by atoms with Crippen LogP contribution in [0.3, 0.4) is 0 Å². The lowest BCUT2D eigenvalue weighted by atomic mass is 10.2. The van der Waals surface area contributed by atoms with Gasteiger partial charge in [0.05, 0.1) is 17.4 Å². The summed E-state index contributed by atoms with van der Waals surface area (Å²) in [6.07, 6.45) is 1.44. The normalized spacial score (nSPS) is 14.5. The molecule has 0 fully saturated rings. The zero-order chi connectivity index (χ0) is 11.0. The van der Waals surface area contributed by atoms with E-state index in [0.29, 0.717) is 11.4 Å². The van der Waals surface area contributed by atoms with Gasteiger partial charge in [0, 0.05) is 5.39 Å². The Balaban J connectivity index is 2.16. The molecule has 1 aliphatic heterocycles. The first kappa shape index (κ1) is 8.91. The van der Waals surface area contributed by atoms with Gasteiger partial charge >= 0.3 is 6.03 Å². The standard InChI is InChI=1S/C12H7N3O/c16-12-13-7-11(15-12)10-6-5-8-3-1-2-4-9(8)14-10/h1-7H. The van der Waals surface area contributed by atoms with Crippen molar-refractivity contribution in [3.05, 3.63) is 42.1 Å². The summed E-state index contributed by atoms with van der Waals surface area (Å²) in [5.41, 5.74) is 2.08. The van der Waals surface area contributed by atoms with Crippen LogP contribution < -0.4 is 0 Å². The molecule has 4 heteroatoms. The third-order valence-corrected chi connectivity index (χ3v) is 2.37. The molecule has 4 nitrogen and oxygen atoms in total. The number of nitrogens with zero attached hydrogens (tertiary/aromatic N) is 3. The highest BCUT2D eigenvalue weighted by atomic mass is 16.2. The third-order valence-electron chi connectivity index (χ3n) is 2.37. The highest BCUT2D eigenvalue weighted by molar-refractivity contribution is 6.43. The minimum atomic E-state index is -0.468. The maximum absolute atomic E-state index is 10.9. The first-order chi connectivity index (χ1) is 7.83. The second-order valence-electron chi connectivity index (χ2n) is 3.43. The minimum Gasteiger partial charge on any atom is -0.246 e. The van der Waals surface area contributed by atoms with Gasteiger partial charge in [-0.3, -0.25) is 0 Å². The molecule has 1 aromatic heterocycles. The van der Waals surface area contributed by atoms with Crippen LogP contribution in [0.4, 0.5) is 4.79 Å². The Morgan fingerprint density at radius 2 is 1.88 bits per heavy atom. The van der Waals surface area contributed by atoms with Crippen LogP contribution in [-0.2, 0) is 0 Å². The molecule has 2 aromatic rings. The molecular formula is C12H7N3O. The first-order valence-electron chi connectivity index (χ1n) is 4.86. The number of aliphatic imine (C=N–C) groups is 2. The molecule has 0 saturated carbocycles. The Morgan fingerprint density at radius 1 is 1.00 bits per heavy atom. The second kappa shape index (κ2) is 3.34. The molecule has 76 valence electrons. The lowest BCUT2D eigenvalue weighted by Crippen LogP contribution is -2.02. The lowest BCUT2D eigenvalue weighted by Gasteiger charge is -1.99. The molecule has 0 bridgehead atoms. The van der Waals surface area contributed by atoms with Crippen molar-refractivity contribution in [3.63, 3.8) is 0 Å². The molecule has 2 amide bonds. The highest BCUT2D eigenvalue weighted by Crippen LogP contribution is 2.13. The van der Waals surface area contributed by atoms with Crippen LogP contribution in [-0.4, -0.2) is 22.9 Å². The van der Waals surface area contributed by atoms with Crippen LogP contribution in [0.5, 0.6) is 0 Å². The molecule has 0 saturated heterocycles. The molecule has 1 aromatic carbocycles. The Labute approximate surface area is 91.4 Å². The summed E-state index contributed by atoms with van der Waals surface area (Å²) in [5, 5.41) is 1.06. The number of carbonyl (C=O) groups is 1. The number of amides is 2. The quantitative estimate of drug-likeness (QED) is 0.723. The predicted molar refractivity (Wildman–Crippen MR) is 62.2 cm³/mol. The van der Waals surface area contributed by atoms with Crippen molar-refractivity contribution in [2.45, 2.75) is 0 Å². The summed E-state index contributed by atoms with van der Waals surface area (Å²) >= 11 is 0. The fourth-order valence-corrected chi connectivity index (χ4v) is 1.61. The number of carbonyl (C=O) groups excluding carboxylic acids is 1. The Hall–Kier alpha value is -2.36. The van der Waals surface area contributed by atoms with E-state index in [1.165, 1.54) is 6.21 Å². The van der Waals surface area contributed by atoms with Crippen molar-refractivity contribution >= 4 is 28.9 Å². The van der Waals surface area contributed by atoms with E-state index in [1.807, 2.05) is 36.4 Å². The van der Waals surface area contributed by atoms with E-state index in [1.54, 1.807) is 0 Å². The first-order valence-corrected chi connectivity index (χ1v) is 4.86. The summed E-state index contributed by atoms with van der Waals surface area (Å²) in [5.74, 6) is 0. The molecule has 0 unspecified atom stereocenters. The van der Waals surface area contributed by atoms with E-state index in [9.17, 15) is 4.79 Å². The van der Waals surface area contributed by atoms with Gasteiger partial charge < -0.3 is 0 Å². The zero-order valence-corrected chi connectivity index (χ0v) is 8.29. The molecule has 3 rings (SSSR count). The molecular weight excluding hydrogens is 202 g/mol. The number of pyridine rings is 1. The topological polar surface area (TPSA) is 54.7 Å². The van der Waals surface area contributed by atoms with Gasteiger partial charge in [0.15, 0.2) is 0 Å². The predicted octanol–water partition coefficient (Wildman–Crippen LogP) is 2.23. The van der Waals surface area contributed by atoms with E-state index >= 15 is 0 Å². The summed E-state index contributed by atoms with van der Waals surface area (Å²) in [6, 6.07) is 11.1.